The normalized spacial score (nSPS) is 12.5. The predicted octanol–water partition coefficient (Wildman–Crippen LogP) is 1.43. The van der Waals surface area contributed by atoms with Crippen LogP contribution < -0.4 is 0 Å². The number of rotatable bonds is 2. The molecule has 1 heterocycles. The molecule has 0 unspecified atom stereocenters. The molecule has 0 radical (unpaired) electrons. The highest BCUT2D eigenvalue weighted by Crippen LogP contribution is 2.20. The van der Waals surface area contributed by atoms with Gasteiger partial charge in [-0.1, -0.05) is 20.8 Å². The Morgan fingerprint density at radius 1 is 1.23 bits per heavy atom. The molecular weight excluding hydrogens is 166 g/mol. The van der Waals surface area contributed by atoms with Gasteiger partial charge in [0.05, 0.1) is 6.54 Å². The molecule has 0 aromatic carbocycles. The zero-order valence-electron chi connectivity index (χ0n) is 8.96. The fraction of sp³-hybridized carbons (Fsp3) is 0.778. The maximum absolute atomic E-state index is 5.50. The summed E-state index contributed by atoms with van der Waals surface area (Å²) in [7, 11) is 3.95. The van der Waals surface area contributed by atoms with Crippen molar-refractivity contribution in [1.82, 2.24) is 15.1 Å². The van der Waals surface area contributed by atoms with Gasteiger partial charge in [0.2, 0.25) is 11.8 Å². The van der Waals surface area contributed by atoms with E-state index in [2.05, 4.69) is 31.0 Å². The Labute approximate surface area is 78.9 Å². The molecule has 0 bridgehead atoms. The van der Waals surface area contributed by atoms with E-state index in [4.69, 9.17) is 4.42 Å². The SMILES string of the molecule is CN(C)Cc1nnc(C(C)(C)C)o1. The smallest absolute Gasteiger partial charge is 0.230 e. The molecule has 0 spiro atoms. The van der Waals surface area contributed by atoms with Crippen LogP contribution in [-0.4, -0.2) is 29.2 Å². The van der Waals surface area contributed by atoms with Crippen LogP contribution in [-0.2, 0) is 12.0 Å². The van der Waals surface area contributed by atoms with E-state index >= 15 is 0 Å². The van der Waals surface area contributed by atoms with Crippen LogP contribution in [0.3, 0.4) is 0 Å². The Morgan fingerprint density at radius 3 is 2.23 bits per heavy atom. The van der Waals surface area contributed by atoms with Gasteiger partial charge in [-0.05, 0) is 14.1 Å². The highest BCUT2D eigenvalue weighted by Gasteiger charge is 2.21. The molecule has 1 aromatic rings. The molecule has 0 aliphatic carbocycles. The molecule has 0 fully saturated rings. The second-order valence-electron chi connectivity index (χ2n) is 4.49. The number of nitrogens with zero attached hydrogens (tertiary/aromatic N) is 3. The van der Waals surface area contributed by atoms with Gasteiger partial charge in [-0.2, -0.15) is 0 Å². The molecule has 1 aromatic heterocycles. The van der Waals surface area contributed by atoms with Crippen LogP contribution in [0.25, 0.3) is 0 Å². The lowest BCUT2D eigenvalue weighted by Gasteiger charge is -2.11. The lowest BCUT2D eigenvalue weighted by molar-refractivity contribution is 0.312. The van der Waals surface area contributed by atoms with Crippen molar-refractivity contribution < 1.29 is 4.42 Å². The van der Waals surface area contributed by atoms with Crippen LogP contribution in [0.15, 0.2) is 4.42 Å². The quantitative estimate of drug-likeness (QED) is 0.695. The van der Waals surface area contributed by atoms with Gasteiger partial charge in [-0.15, -0.1) is 10.2 Å². The highest BCUT2D eigenvalue weighted by molar-refractivity contribution is 4.95. The number of aromatic nitrogens is 2. The lowest BCUT2D eigenvalue weighted by atomic mass is 9.97. The van der Waals surface area contributed by atoms with Gasteiger partial charge in [-0.3, -0.25) is 0 Å². The molecule has 74 valence electrons. The van der Waals surface area contributed by atoms with Crippen LogP contribution >= 0.6 is 0 Å². The molecule has 4 heteroatoms. The van der Waals surface area contributed by atoms with Crippen molar-refractivity contribution >= 4 is 0 Å². The fourth-order valence-electron chi connectivity index (χ4n) is 0.891. The number of hydrogen-bond donors (Lipinski definition) is 0. The summed E-state index contributed by atoms with van der Waals surface area (Å²) in [4.78, 5) is 2.00. The molecule has 1 rings (SSSR count). The summed E-state index contributed by atoms with van der Waals surface area (Å²) in [6.45, 7) is 6.86. The van der Waals surface area contributed by atoms with E-state index in [9.17, 15) is 0 Å². The van der Waals surface area contributed by atoms with E-state index < -0.39 is 0 Å². The average Bonchev–Trinajstić information content (AvgIpc) is 2.32. The minimum Gasteiger partial charge on any atom is -0.423 e. The molecular formula is C9H17N3O. The Kier molecular flexibility index (Phi) is 2.71. The average molecular weight is 183 g/mol. The third kappa shape index (κ3) is 2.81. The molecule has 0 aliphatic rings. The first-order valence-corrected chi connectivity index (χ1v) is 4.37. The minimum absolute atomic E-state index is 0.0580. The van der Waals surface area contributed by atoms with E-state index in [1.165, 1.54) is 0 Å². The second kappa shape index (κ2) is 3.46. The van der Waals surface area contributed by atoms with Crippen LogP contribution in [0.2, 0.25) is 0 Å². The minimum atomic E-state index is -0.0580. The van der Waals surface area contributed by atoms with Crippen molar-refractivity contribution in [2.75, 3.05) is 14.1 Å². The van der Waals surface area contributed by atoms with E-state index in [1.807, 2.05) is 19.0 Å². The Balaban J connectivity index is 2.75. The van der Waals surface area contributed by atoms with Gasteiger partial charge in [-0.25, -0.2) is 0 Å². The molecule has 0 atom stereocenters. The van der Waals surface area contributed by atoms with Crippen LogP contribution in [0.1, 0.15) is 32.6 Å². The third-order valence-electron chi connectivity index (χ3n) is 1.56. The fourth-order valence-corrected chi connectivity index (χ4v) is 0.891. The predicted molar refractivity (Wildman–Crippen MR) is 50.4 cm³/mol. The lowest BCUT2D eigenvalue weighted by Crippen LogP contribution is -2.12. The molecule has 0 amide bonds. The van der Waals surface area contributed by atoms with Crippen molar-refractivity contribution in [3.05, 3.63) is 11.8 Å². The topological polar surface area (TPSA) is 42.2 Å². The van der Waals surface area contributed by atoms with Gasteiger partial charge >= 0.3 is 0 Å². The molecule has 0 N–H and O–H groups in total. The van der Waals surface area contributed by atoms with Gasteiger partial charge in [0.25, 0.3) is 0 Å². The summed E-state index contributed by atoms with van der Waals surface area (Å²) in [6, 6.07) is 0. The van der Waals surface area contributed by atoms with E-state index in [0.717, 1.165) is 0 Å². The monoisotopic (exact) mass is 183 g/mol. The van der Waals surface area contributed by atoms with Crippen molar-refractivity contribution in [2.24, 2.45) is 0 Å². The summed E-state index contributed by atoms with van der Waals surface area (Å²) < 4.78 is 5.50. The Bertz CT molecular complexity index is 273. The molecule has 0 saturated carbocycles. The molecule has 0 aliphatic heterocycles. The molecule has 0 saturated heterocycles. The summed E-state index contributed by atoms with van der Waals surface area (Å²) in [5, 5.41) is 7.96. The van der Waals surface area contributed by atoms with E-state index in [0.29, 0.717) is 18.3 Å². The summed E-state index contributed by atoms with van der Waals surface area (Å²) in [5.41, 5.74) is -0.0580. The maximum atomic E-state index is 5.50. The summed E-state index contributed by atoms with van der Waals surface area (Å²) in [6.07, 6.45) is 0. The first-order valence-electron chi connectivity index (χ1n) is 4.37. The first-order chi connectivity index (χ1) is 5.89. The number of hydrogen-bond acceptors (Lipinski definition) is 4. The summed E-state index contributed by atoms with van der Waals surface area (Å²) in [5.74, 6) is 1.37. The van der Waals surface area contributed by atoms with Crippen LogP contribution in [0, 0.1) is 0 Å². The largest absolute Gasteiger partial charge is 0.423 e. The van der Waals surface area contributed by atoms with Gasteiger partial charge in [0.15, 0.2) is 0 Å². The van der Waals surface area contributed by atoms with Crippen LogP contribution in [0.5, 0.6) is 0 Å². The second-order valence-corrected chi connectivity index (χ2v) is 4.49. The van der Waals surface area contributed by atoms with Crippen molar-refractivity contribution in [2.45, 2.75) is 32.7 Å². The van der Waals surface area contributed by atoms with Crippen molar-refractivity contribution in [3.63, 3.8) is 0 Å². The zero-order valence-corrected chi connectivity index (χ0v) is 8.96. The molecule has 13 heavy (non-hydrogen) atoms. The Hall–Kier alpha value is -0.900. The van der Waals surface area contributed by atoms with Crippen LogP contribution in [0.4, 0.5) is 0 Å². The van der Waals surface area contributed by atoms with Gasteiger partial charge in [0, 0.05) is 5.41 Å². The first kappa shape index (κ1) is 10.2. The standard InChI is InChI=1S/C9H17N3O/c1-9(2,3)8-11-10-7(13-8)6-12(4)5/h6H2,1-5H3. The van der Waals surface area contributed by atoms with E-state index in [-0.39, 0.29) is 5.41 Å². The van der Waals surface area contributed by atoms with Gasteiger partial charge in [0.1, 0.15) is 0 Å². The third-order valence-corrected chi connectivity index (χ3v) is 1.56. The van der Waals surface area contributed by atoms with Gasteiger partial charge < -0.3 is 9.32 Å². The maximum Gasteiger partial charge on any atom is 0.230 e. The highest BCUT2D eigenvalue weighted by atomic mass is 16.4. The van der Waals surface area contributed by atoms with Crippen molar-refractivity contribution in [3.8, 4) is 0 Å². The van der Waals surface area contributed by atoms with E-state index in [1.54, 1.807) is 0 Å². The zero-order chi connectivity index (χ0) is 10.1. The summed E-state index contributed by atoms with van der Waals surface area (Å²) >= 11 is 0. The van der Waals surface area contributed by atoms with Crippen molar-refractivity contribution in [1.29, 1.82) is 0 Å². The molecule has 4 nitrogen and oxygen atoms in total. The Morgan fingerprint density at radius 2 is 1.85 bits per heavy atom.